The number of urea groups is 1. The summed E-state index contributed by atoms with van der Waals surface area (Å²) in [6.07, 6.45) is 6.44. The van der Waals surface area contributed by atoms with E-state index >= 15 is 0 Å². The monoisotopic (exact) mass is 333 g/mol. The second-order valence-electron chi connectivity index (χ2n) is 5.99. The topological polar surface area (TPSA) is 73.9 Å². The van der Waals surface area contributed by atoms with Gasteiger partial charge < -0.3 is 15.2 Å². The summed E-state index contributed by atoms with van der Waals surface area (Å²) in [5.74, 6) is 0.490. The van der Waals surface area contributed by atoms with E-state index in [1.807, 2.05) is 24.9 Å². The first-order valence-electron chi connectivity index (χ1n) is 8.07. The molecule has 1 saturated heterocycles. The number of aromatic amines is 1. The maximum atomic E-state index is 12.3. The molecule has 3 heterocycles. The number of thiazole rings is 1. The molecule has 1 aliphatic rings. The van der Waals surface area contributed by atoms with Crippen molar-refractivity contribution in [1.29, 1.82) is 0 Å². The SMILES string of the molecule is Cc1nc(C)c(CCNC(=O)N2CCC(c3cnc[nH]3)CC2)s1. The van der Waals surface area contributed by atoms with Gasteiger partial charge in [0.1, 0.15) is 0 Å². The van der Waals surface area contributed by atoms with Crippen LogP contribution >= 0.6 is 11.3 Å². The molecule has 0 bridgehead atoms. The lowest BCUT2D eigenvalue weighted by Gasteiger charge is -2.31. The highest BCUT2D eigenvalue weighted by molar-refractivity contribution is 7.11. The van der Waals surface area contributed by atoms with Crippen LogP contribution in [0.25, 0.3) is 0 Å². The molecule has 0 saturated carbocycles. The van der Waals surface area contributed by atoms with Crippen LogP contribution in [0.1, 0.15) is 40.0 Å². The molecule has 1 aliphatic heterocycles. The van der Waals surface area contributed by atoms with Crippen molar-refractivity contribution in [2.45, 2.75) is 39.0 Å². The summed E-state index contributed by atoms with van der Waals surface area (Å²) in [7, 11) is 0. The molecule has 124 valence electrons. The van der Waals surface area contributed by atoms with Gasteiger partial charge in [0.2, 0.25) is 0 Å². The molecule has 0 spiro atoms. The molecule has 2 aromatic rings. The van der Waals surface area contributed by atoms with Gasteiger partial charge in [-0.15, -0.1) is 11.3 Å². The van der Waals surface area contributed by atoms with Crippen molar-refractivity contribution in [3.8, 4) is 0 Å². The van der Waals surface area contributed by atoms with Crippen molar-refractivity contribution in [2.75, 3.05) is 19.6 Å². The van der Waals surface area contributed by atoms with Crippen molar-refractivity contribution < 1.29 is 4.79 Å². The Hall–Kier alpha value is -1.89. The summed E-state index contributed by atoms with van der Waals surface area (Å²) in [4.78, 5) is 27.1. The highest BCUT2D eigenvalue weighted by Crippen LogP contribution is 2.26. The highest BCUT2D eigenvalue weighted by atomic mass is 32.1. The lowest BCUT2D eigenvalue weighted by Crippen LogP contribution is -2.44. The van der Waals surface area contributed by atoms with Crippen molar-refractivity contribution in [3.63, 3.8) is 0 Å². The van der Waals surface area contributed by atoms with Crippen molar-refractivity contribution in [1.82, 2.24) is 25.2 Å². The summed E-state index contributed by atoms with van der Waals surface area (Å²) in [5, 5.41) is 4.12. The molecule has 2 N–H and O–H groups in total. The average Bonchev–Trinajstić information content (AvgIpc) is 3.18. The third kappa shape index (κ3) is 3.90. The van der Waals surface area contributed by atoms with Crippen LogP contribution in [0.15, 0.2) is 12.5 Å². The van der Waals surface area contributed by atoms with Gasteiger partial charge in [0.15, 0.2) is 0 Å². The number of likely N-dealkylation sites (tertiary alicyclic amines) is 1. The maximum absolute atomic E-state index is 12.3. The molecule has 6 nitrogen and oxygen atoms in total. The van der Waals surface area contributed by atoms with Crippen LogP contribution in [0.2, 0.25) is 0 Å². The molecule has 3 rings (SSSR count). The van der Waals surface area contributed by atoms with Gasteiger partial charge in [0, 0.05) is 48.7 Å². The van der Waals surface area contributed by atoms with E-state index < -0.39 is 0 Å². The molecule has 7 heteroatoms. The van der Waals surface area contributed by atoms with E-state index in [-0.39, 0.29) is 6.03 Å². The number of carbonyl (C=O) groups is 1. The van der Waals surface area contributed by atoms with Gasteiger partial charge >= 0.3 is 6.03 Å². The zero-order valence-electron chi connectivity index (χ0n) is 13.6. The fourth-order valence-corrected chi connectivity index (χ4v) is 4.02. The molecule has 23 heavy (non-hydrogen) atoms. The number of aryl methyl sites for hydroxylation is 2. The zero-order chi connectivity index (χ0) is 16.2. The second kappa shape index (κ2) is 7.12. The minimum Gasteiger partial charge on any atom is -0.348 e. The average molecular weight is 333 g/mol. The number of nitrogens with one attached hydrogen (secondary N) is 2. The summed E-state index contributed by atoms with van der Waals surface area (Å²) in [5.41, 5.74) is 2.27. The molecule has 0 aromatic carbocycles. The Balaban J connectivity index is 1.42. The fraction of sp³-hybridized carbons (Fsp3) is 0.562. The normalized spacial score (nSPS) is 15.8. The number of aromatic nitrogens is 3. The molecule has 1 fully saturated rings. The van der Waals surface area contributed by atoms with Crippen molar-refractivity contribution >= 4 is 17.4 Å². The number of carbonyl (C=O) groups excluding carboxylic acids is 1. The predicted octanol–water partition coefficient (Wildman–Crippen LogP) is 2.61. The third-order valence-electron chi connectivity index (χ3n) is 4.37. The Bertz CT molecular complexity index is 643. The van der Waals surface area contributed by atoms with Gasteiger partial charge in [0.05, 0.1) is 17.0 Å². The van der Waals surface area contributed by atoms with E-state index in [4.69, 9.17) is 0 Å². The Morgan fingerprint density at radius 3 is 2.83 bits per heavy atom. The highest BCUT2D eigenvalue weighted by Gasteiger charge is 2.24. The minimum absolute atomic E-state index is 0.0481. The number of imidazole rings is 1. The Labute approximate surface area is 140 Å². The summed E-state index contributed by atoms with van der Waals surface area (Å²) in [6.45, 7) is 6.31. The van der Waals surface area contributed by atoms with Crippen LogP contribution in [-0.2, 0) is 6.42 Å². The van der Waals surface area contributed by atoms with Gasteiger partial charge in [0.25, 0.3) is 0 Å². The number of H-pyrrole nitrogens is 1. The number of hydrogen-bond donors (Lipinski definition) is 2. The van der Waals surface area contributed by atoms with Crippen LogP contribution < -0.4 is 5.32 Å². The van der Waals surface area contributed by atoms with Crippen molar-refractivity contribution in [3.05, 3.63) is 33.8 Å². The van der Waals surface area contributed by atoms with Crippen LogP contribution in [0.4, 0.5) is 4.79 Å². The van der Waals surface area contributed by atoms with Crippen molar-refractivity contribution in [2.24, 2.45) is 0 Å². The second-order valence-corrected chi connectivity index (χ2v) is 7.28. The number of amides is 2. The number of piperidine rings is 1. The molecule has 0 radical (unpaired) electrons. The maximum Gasteiger partial charge on any atom is 0.317 e. The van der Waals surface area contributed by atoms with Gasteiger partial charge in [-0.25, -0.2) is 14.8 Å². The molecule has 0 unspecified atom stereocenters. The minimum atomic E-state index is 0.0481. The smallest absolute Gasteiger partial charge is 0.317 e. The van der Waals surface area contributed by atoms with E-state index in [9.17, 15) is 4.79 Å². The molecular weight excluding hydrogens is 310 g/mol. The standard InChI is InChI=1S/C16H23N5OS/c1-11-15(23-12(2)20-11)3-6-18-16(22)21-7-4-13(5-8-21)14-9-17-10-19-14/h9-10,13H,3-8H2,1-2H3,(H,17,19)(H,18,22). The largest absolute Gasteiger partial charge is 0.348 e. The summed E-state index contributed by atoms with van der Waals surface area (Å²) >= 11 is 1.71. The molecule has 0 aliphatic carbocycles. The third-order valence-corrected chi connectivity index (χ3v) is 5.50. The molecule has 2 aromatic heterocycles. The van der Waals surface area contributed by atoms with Gasteiger partial charge in [-0.1, -0.05) is 0 Å². The van der Waals surface area contributed by atoms with Gasteiger partial charge in [-0.05, 0) is 26.7 Å². The van der Waals surface area contributed by atoms with E-state index in [2.05, 4.69) is 20.3 Å². The van der Waals surface area contributed by atoms with E-state index in [0.29, 0.717) is 12.5 Å². The van der Waals surface area contributed by atoms with E-state index in [1.54, 1.807) is 17.7 Å². The Morgan fingerprint density at radius 1 is 1.43 bits per heavy atom. The Morgan fingerprint density at radius 2 is 2.22 bits per heavy atom. The van der Waals surface area contributed by atoms with E-state index in [0.717, 1.165) is 43.1 Å². The zero-order valence-corrected chi connectivity index (χ0v) is 14.4. The molecule has 2 amide bonds. The van der Waals surface area contributed by atoms with Crippen LogP contribution in [0.5, 0.6) is 0 Å². The van der Waals surface area contributed by atoms with E-state index in [1.165, 1.54) is 10.6 Å². The van der Waals surface area contributed by atoms with Crippen LogP contribution in [-0.4, -0.2) is 45.5 Å². The summed E-state index contributed by atoms with van der Waals surface area (Å²) < 4.78 is 0. The molecule has 0 atom stereocenters. The number of hydrogen-bond acceptors (Lipinski definition) is 4. The number of nitrogens with zero attached hydrogens (tertiary/aromatic N) is 3. The lowest BCUT2D eigenvalue weighted by molar-refractivity contribution is 0.181. The fourth-order valence-electron chi connectivity index (χ4n) is 3.08. The quantitative estimate of drug-likeness (QED) is 0.903. The Kier molecular flexibility index (Phi) is 4.95. The first-order valence-corrected chi connectivity index (χ1v) is 8.89. The number of rotatable bonds is 4. The lowest BCUT2D eigenvalue weighted by atomic mass is 9.94. The predicted molar refractivity (Wildman–Crippen MR) is 90.8 cm³/mol. The van der Waals surface area contributed by atoms with Gasteiger partial charge in [-0.2, -0.15) is 0 Å². The van der Waals surface area contributed by atoms with Crippen LogP contribution in [0, 0.1) is 13.8 Å². The van der Waals surface area contributed by atoms with Crippen LogP contribution in [0.3, 0.4) is 0 Å². The van der Waals surface area contributed by atoms with Gasteiger partial charge in [-0.3, -0.25) is 0 Å². The first kappa shape index (κ1) is 16.0. The summed E-state index contributed by atoms with van der Waals surface area (Å²) in [6, 6.07) is 0.0481. The molecular formula is C16H23N5OS. The first-order chi connectivity index (χ1) is 11.1.